The third kappa shape index (κ3) is 2.97. The molecule has 1 aliphatic carbocycles. The molecule has 1 N–H and O–H groups in total. The molecule has 0 bridgehead atoms. The van der Waals surface area contributed by atoms with Gasteiger partial charge in [0.25, 0.3) is 5.91 Å². The largest absolute Gasteiger partial charge is 0.348 e. The van der Waals surface area contributed by atoms with Crippen LogP contribution < -0.4 is 5.32 Å². The van der Waals surface area contributed by atoms with E-state index in [1.807, 2.05) is 16.8 Å². The van der Waals surface area contributed by atoms with Gasteiger partial charge < -0.3 is 9.88 Å². The summed E-state index contributed by atoms with van der Waals surface area (Å²) in [6.07, 6.45) is 5.53. The average molecular weight is 313 g/mol. The Hall–Kier alpha value is -0.770. The molecule has 0 radical (unpaired) electrons. The summed E-state index contributed by atoms with van der Waals surface area (Å²) in [5.41, 5.74) is 0.749. The summed E-state index contributed by atoms with van der Waals surface area (Å²) in [4.78, 5) is 12.2. The van der Waals surface area contributed by atoms with Crippen LogP contribution in [0.1, 0.15) is 56.6 Å². The Balaban J connectivity index is 2.01. The Morgan fingerprint density at radius 2 is 2.33 bits per heavy atom. The van der Waals surface area contributed by atoms with Gasteiger partial charge in [-0.1, -0.05) is 13.3 Å². The zero-order chi connectivity index (χ0) is 13.3. The minimum atomic E-state index is 0.0537. The number of rotatable bonds is 5. The van der Waals surface area contributed by atoms with Gasteiger partial charge in [-0.25, -0.2) is 0 Å². The summed E-state index contributed by atoms with van der Waals surface area (Å²) >= 11 is 3.44. The van der Waals surface area contributed by atoms with Crippen molar-refractivity contribution in [2.75, 3.05) is 0 Å². The molecule has 0 aliphatic heterocycles. The SMILES string of the molecule is CCCC1CC1NC(=O)c1cc(Br)cn1C(C)C. The molecule has 4 heteroatoms. The Morgan fingerprint density at radius 1 is 1.61 bits per heavy atom. The highest BCUT2D eigenvalue weighted by Crippen LogP contribution is 2.34. The Kier molecular flexibility index (Phi) is 4.15. The lowest BCUT2D eigenvalue weighted by Crippen LogP contribution is -2.29. The van der Waals surface area contributed by atoms with E-state index in [2.05, 4.69) is 42.0 Å². The lowest BCUT2D eigenvalue weighted by Gasteiger charge is -2.12. The highest BCUT2D eigenvalue weighted by Gasteiger charge is 2.37. The molecule has 2 atom stereocenters. The van der Waals surface area contributed by atoms with Crippen LogP contribution >= 0.6 is 15.9 Å². The summed E-state index contributed by atoms with van der Waals surface area (Å²) in [7, 11) is 0. The van der Waals surface area contributed by atoms with Crippen LogP contribution in [0.5, 0.6) is 0 Å². The molecule has 1 heterocycles. The first kappa shape index (κ1) is 13.7. The van der Waals surface area contributed by atoms with Crippen LogP contribution in [-0.2, 0) is 0 Å². The van der Waals surface area contributed by atoms with E-state index in [0.29, 0.717) is 18.0 Å². The monoisotopic (exact) mass is 312 g/mol. The maximum Gasteiger partial charge on any atom is 0.268 e. The fraction of sp³-hybridized carbons (Fsp3) is 0.643. The minimum Gasteiger partial charge on any atom is -0.348 e. The number of halogens is 1. The number of nitrogens with zero attached hydrogens (tertiary/aromatic N) is 1. The number of hydrogen-bond donors (Lipinski definition) is 1. The van der Waals surface area contributed by atoms with E-state index in [-0.39, 0.29) is 5.91 Å². The maximum absolute atomic E-state index is 12.2. The zero-order valence-corrected chi connectivity index (χ0v) is 12.8. The number of carbonyl (C=O) groups excluding carboxylic acids is 1. The van der Waals surface area contributed by atoms with Gasteiger partial charge in [-0.15, -0.1) is 0 Å². The molecular weight excluding hydrogens is 292 g/mol. The molecule has 1 amide bonds. The van der Waals surface area contributed by atoms with Crippen molar-refractivity contribution in [2.24, 2.45) is 5.92 Å². The smallest absolute Gasteiger partial charge is 0.268 e. The van der Waals surface area contributed by atoms with Gasteiger partial charge in [0.05, 0.1) is 0 Å². The van der Waals surface area contributed by atoms with E-state index >= 15 is 0 Å². The number of amides is 1. The van der Waals surface area contributed by atoms with Gasteiger partial charge in [0.1, 0.15) is 5.69 Å². The lowest BCUT2D eigenvalue weighted by atomic mass is 10.2. The lowest BCUT2D eigenvalue weighted by molar-refractivity contribution is 0.0938. The second kappa shape index (κ2) is 5.47. The predicted octanol–water partition coefficient (Wildman–Crippen LogP) is 3.75. The first-order valence-corrected chi connectivity index (χ1v) is 7.50. The minimum absolute atomic E-state index is 0.0537. The topological polar surface area (TPSA) is 34.0 Å². The standard InChI is InChI=1S/C14H21BrN2O/c1-4-5-10-6-12(10)16-14(18)13-7-11(15)8-17(13)9(2)3/h7-10,12H,4-6H2,1-3H3,(H,16,18). The van der Waals surface area contributed by atoms with Crippen molar-refractivity contribution in [1.29, 1.82) is 0 Å². The first-order valence-electron chi connectivity index (χ1n) is 6.71. The highest BCUT2D eigenvalue weighted by molar-refractivity contribution is 9.10. The first-order chi connectivity index (χ1) is 8.52. The molecule has 2 rings (SSSR count). The molecule has 0 spiro atoms. The average Bonchev–Trinajstić information content (AvgIpc) is 2.88. The normalized spacial score (nSPS) is 22.3. The van der Waals surface area contributed by atoms with Crippen molar-refractivity contribution >= 4 is 21.8 Å². The number of hydrogen-bond acceptors (Lipinski definition) is 1. The van der Waals surface area contributed by atoms with E-state index in [9.17, 15) is 4.79 Å². The van der Waals surface area contributed by atoms with E-state index in [0.717, 1.165) is 16.6 Å². The fourth-order valence-corrected chi connectivity index (χ4v) is 2.85. The van der Waals surface area contributed by atoms with Gasteiger partial charge in [-0.2, -0.15) is 0 Å². The molecule has 1 aromatic rings. The quantitative estimate of drug-likeness (QED) is 0.882. The van der Waals surface area contributed by atoms with Crippen LogP contribution in [0.25, 0.3) is 0 Å². The molecule has 100 valence electrons. The van der Waals surface area contributed by atoms with Gasteiger partial charge >= 0.3 is 0 Å². The summed E-state index contributed by atoms with van der Waals surface area (Å²) in [5, 5.41) is 3.13. The molecule has 18 heavy (non-hydrogen) atoms. The Labute approximate surface area is 117 Å². The second-order valence-corrected chi connectivity index (χ2v) is 6.32. The van der Waals surface area contributed by atoms with E-state index in [4.69, 9.17) is 0 Å². The molecule has 0 aromatic carbocycles. The zero-order valence-electron chi connectivity index (χ0n) is 11.2. The third-order valence-electron chi connectivity index (χ3n) is 3.50. The second-order valence-electron chi connectivity index (χ2n) is 5.41. The molecule has 0 saturated heterocycles. The Morgan fingerprint density at radius 3 is 2.94 bits per heavy atom. The van der Waals surface area contributed by atoms with Crippen LogP contribution in [-0.4, -0.2) is 16.5 Å². The van der Waals surface area contributed by atoms with Crippen molar-refractivity contribution in [3.05, 3.63) is 22.4 Å². The Bertz CT molecular complexity index is 439. The van der Waals surface area contributed by atoms with Crippen molar-refractivity contribution in [3.8, 4) is 0 Å². The molecule has 1 aromatic heterocycles. The van der Waals surface area contributed by atoms with Gasteiger partial charge in [0.2, 0.25) is 0 Å². The molecule has 1 fully saturated rings. The summed E-state index contributed by atoms with van der Waals surface area (Å²) in [5.74, 6) is 0.753. The van der Waals surface area contributed by atoms with Crippen molar-refractivity contribution in [1.82, 2.24) is 9.88 Å². The van der Waals surface area contributed by atoms with Crippen LogP contribution in [0.4, 0.5) is 0 Å². The van der Waals surface area contributed by atoms with E-state index in [1.54, 1.807) is 0 Å². The molecular formula is C14H21BrN2O. The van der Waals surface area contributed by atoms with E-state index in [1.165, 1.54) is 12.8 Å². The van der Waals surface area contributed by atoms with Gasteiger partial charge in [-0.3, -0.25) is 4.79 Å². The molecule has 1 aliphatic rings. The predicted molar refractivity (Wildman–Crippen MR) is 76.8 cm³/mol. The molecule has 1 saturated carbocycles. The van der Waals surface area contributed by atoms with Crippen LogP contribution in [0, 0.1) is 5.92 Å². The number of carbonyl (C=O) groups is 1. The summed E-state index contributed by atoms with van der Waals surface area (Å²) in [6.45, 7) is 6.36. The van der Waals surface area contributed by atoms with Gasteiger partial charge in [0, 0.05) is 22.8 Å². The van der Waals surface area contributed by atoms with Crippen molar-refractivity contribution in [3.63, 3.8) is 0 Å². The van der Waals surface area contributed by atoms with Gasteiger partial charge in [-0.05, 0) is 54.6 Å². The highest BCUT2D eigenvalue weighted by atomic mass is 79.9. The van der Waals surface area contributed by atoms with Crippen LogP contribution in [0.3, 0.4) is 0 Å². The number of aromatic nitrogens is 1. The molecule has 3 nitrogen and oxygen atoms in total. The van der Waals surface area contributed by atoms with Crippen LogP contribution in [0.15, 0.2) is 16.7 Å². The van der Waals surface area contributed by atoms with Gasteiger partial charge in [0.15, 0.2) is 0 Å². The summed E-state index contributed by atoms with van der Waals surface area (Å²) < 4.78 is 2.97. The van der Waals surface area contributed by atoms with Crippen molar-refractivity contribution in [2.45, 2.75) is 52.1 Å². The fourth-order valence-electron chi connectivity index (χ4n) is 2.41. The van der Waals surface area contributed by atoms with Crippen LogP contribution in [0.2, 0.25) is 0 Å². The maximum atomic E-state index is 12.2. The number of nitrogens with one attached hydrogen (secondary N) is 1. The third-order valence-corrected chi connectivity index (χ3v) is 3.94. The van der Waals surface area contributed by atoms with Crippen molar-refractivity contribution < 1.29 is 4.79 Å². The molecule has 2 unspecified atom stereocenters. The summed E-state index contributed by atoms with van der Waals surface area (Å²) in [6, 6.07) is 2.58. The van der Waals surface area contributed by atoms with E-state index < -0.39 is 0 Å².